The van der Waals surface area contributed by atoms with Crippen molar-refractivity contribution in [3.8, 4) is 0 Å². The zero-order chi connectivity index (χ0) is 18.7. The standard InChI is InChI=1S/C20H39N3O3/c1-3-21-18(23-16-20(17-24)10-13-26-14-11-20)22-15-19(7-5-6-8-19)9-12-25-4-2/h24H,3-17H2,1-2H3,(H2,21,22,23). The third kappa shape index (κ3) is 6.39. The molecule has 0 amide bonds. The second kappa shape index (κ2) is 11.1. The Bertz CT molecular complexity index is 417. The summed E-state index contributed by atoms with van der Waals surface area (Å²) in [6.45, 7) is 9.85. The van der Waals surface area contributed by atoms with Gasteiger partial charge in [0.05, 0.1) is 13.2 Å². The van der Waals surface area contributed by atoms with Crippen molar-refractivity contribution in [3.63, 3.8) is 0 Å². The Kier molecular flexibility index (Phi) is 9.16. The van der Waals surface area contributed by atoms with E-state index in [-0.39, 0.29) is 12.0 Å². The first-order valence-corrected chi connectivity index (χ1v) is 10.5. The van der Waals surface area contributed by atoms with Gasteiger partial charge in [0.15, 0.2) is 5.96 Å². The number of guanidine groups is 1. The minimum atomic E-state index is -0.124. The lowest BCUT2D eigenvalue weighted by Gasteiger charge is -2.34. The molecular formula is C20H39N3O3. The lowest BCUT2D eigenvalue weighted by molar-refractivity contribution is -0.0106. The van der Waals surface area contributed by atoms with E-state index < -0.39 is 0 Å². The van der Waals surface area contributed by atoms with E-state index in [0.29, 0.717) is 12.0 Å². The molecule has 0 aromatic rings. The molecule has 6 nitrogen and oxygen atoms in total. The van der Waals surface area contributed by atoms with Crippen LogP contribution in [0.2, 0.25) is 0 Å². The van der Waals surface area contributed by atoms with Crippen LogP contribution in [0.15, 0.2) is 4.99 Å². The molecule has 0 bridgehead atoms. The fraction of sp³-hybridized carbons (Fsp3) is 0.950. The Hall–Kier alpha value is -0.850. The first-order valence-electron chi connectivity index (χ1n) is 10.5. The third-order valence-electron chi connectivity index (χ3n) is 6.08. The quantitative estimate of drug-likeness (QED) is 0.313. The molecule has 6 heteroatoms. The van der Waals surface area contributed by atoms with Crippen LogP contribution < -0.4 is 10.6 Å². The van der Waals surface area contributed by atoms with Crippen molar-refractivity contribution < 1.29 is 14.6 Å². The monoisotopic (exact) mass is 369 g/mol. The lowest BCUT2D eigenvalue weighted by Crippen LogP contribution is -2.44. The fourth-order valence-electron chi connectivity index (χ4n) is 4.10. The predicted octanol–water partition coefficient (Wildman–Crippen LogP) is 2.32. The Labute approximate surface area is 159 Å². The summed E-state index contributed by atoms with van der Waals surface area (Å²) in [4.78, 5) is 4.82. The van der Waals surface area contributed by atoms with Crippen LogP contribution in [-0.2, 0) is 9.47 Å². The molecule has 1 aliphatic heterocycles. The van der Waals surface area contributed by atoms with Gasteiger partial charge in [0.1, 0.15) is 0 Å². The number of aliphatic imine (C=N–C) groups is 1. The van der Waals surface area contributed by atoms with Crippen LogP contribution in [0.3, 0.4) is 0 Å². The molecular weight excluding hydrogens is 330 g/mol. The maximum atomic E-state index is 9.87. The number of nitrogens with one attached hydrogen (secondary N) is 2. The van der Waals surface area contributed by atoms with Gasteiger partial charge < -0.3 is 25.2 Å². The molecule has 1 aliphatic carbocycles. The topological polar surface area (TPSA) is 75.1 Å². The zero-order valence-electron chi connectivity index (χ0n) is 16.8. The molecule has 0 unspecified atom stereocenters. The Morgan fingerprint density at radius 2 is 1.81 bits per heavy atom. The maximum Gasteiger partial charge on any atom is 0.191 e. The zero-order valence-corrected chi connectivity index (χ0v) is 16.8. The summed E-state index contributed by atoms with van der Waals surface area (Å²) in [7, 11) is 0. The summed E-state index contributed by atoms with van der Waals surface area (Å²) in [6, 6.07) is 0. The fourth-order valence-corrected chi connectivity index (χ4v) is 4.10. The number of rotatable bonds is 10. The first kappa shape index (κ1) is 21.5. The second-order valence-corrected chi connectivity index (χ2v) is 7.97. The number of aliphatic hydroxyl groups excluding tert-OH is 1. The van der Waals surface area contributed by atoms with E-state index in [2.05, 4.69) is 24.5 Å². The molecule has 0 spiro atoms. The molecule has 1 saturated carbocycles. The van der Waals surface area contributed by atoms with Crippen LogP contribution >= 0.6 is 0 Å². The molecule has 1 saturated heterocycles. The van der Waals surface area contributed by atoms with Crippen LogP contribution in [0.5, 0.6) is 0 Å². The number of nitrogens with zero attached hydrogens (tertiary/aromatic N) is 1. The van der Waals surface area contributed by atoms with E-state index >= 15 is 0 Å². The van der Waals surface area contributed by atoms with Gasteiger partial charge in [0.2, 0.25) is 0 Å². The van der Waals surface area contributed by atoms with Gasteiger partial charge in [-0.15, -0.1) is 0 Å². The smallest absolute Gasteiger partial charge is 0.191 e. The van der Waals surface area contributed by atoms with Crippen LogP contribution in [0.25, 0.3) is 0 Å². The molecule has 26 heavy (non-hydrogen) atoms. The Morgan fingerprint density at radius 1 is 1.08 bits per heavy atom. The van der Waals surface area contributed by atoms with E-state index in [1.165, 1.54) is 25.7 Å². The summed E-state index contributed by atoms with van der Waals surface area (Å²) in [5.41, 5.74) is 0.208. The maximum absolute atomic E-state index is 9.87. The summed E-state index contributed by atoms with van der Waals surface area (Å²) < 4.78 is 11.1. The third-order valence-corrected chi connectivity index (χ3v) is 6.08. The van der Waals surface area contributed by atoms with Gasteiger partial charge in [-0.1, -0.05) is 12.8 Å². The van der Waals surface area contributed by atoms with Crippen molar-refractivity contribution in [1.29, 1.82) is 0 Å². The normalized spacial score (nSPS) is 22.3. The molecule has 0 atom stereocenters. The number of hydrogen-bond acceptors (Lipinski definition) is 4. The highest BCUT2D eigenvalue weighted by Gasteiger charge is 2.34. The molecule has 1 heterocycles. The predicted molar refractivity (Wildman–Crippen MR) is 106 cm³/mol. The largest absolute Gasteiger partial charge is 0.396 e. The Balaban J connectivity index is 1.92. The average molecular weight is 370 g/mol. The molecule has 2 aliphatic rings. The van der Waals surface area contributed by atoms with Gasteiger partial charge in [-0.3, -0.25) is 4.99 Å². The van der Waals surface area contributed by atoms with E-state index in [0.717, 1.165) is 64.7 Å². The van der Waals surface area contributed by atoms with Crippen molar-refractivity contribution in [1.82, 2.24) is 10.6 Å². The summed E-state index contributed by atoms with van der Waals surface area (Å²) in [5, 5.41) is 16.8. The minimum Gasteiger partial charge on any atom is -0.396 e. The molecule has 2 rings (SSSR count). The second-order valence-electron chi connectivity index (χ2n) is 7.97. The molecule has 0 radical (unpaired) electrons. The SMILES string of the molecule is CCNC(=NCC1(CO)CCOCC1)NCC1(CCOCC)CCCC1. The highest BCUT2D eigenvalue weighted by Crippen LogP contribution is 2.40. The van der Waals surface area contributed by atoms with Gasteiger partial charge in [-0.25, -0.2) is 0 Å². The van der Waals surface area contributed by atoms with Gasteiger partial charge in [-0.05, 0) is 51.4 Å². The number of aliphatic hydroxyl groups is 1. The molecule has 152 valence electrons. The van der Waals surface area contributed by atoms with Gasteiger partial charge in [-0.2, -0.15) is 0 Å². The van der Waals surface area contributed by atoms with Crippen molar-refractivity contribution >= 4 is 5.96 Å². The Morgan fingerprint density at radius 3 is 2.42 bits per heavy atom. The van der Waals surface area contributed by atoms with E-state index in [1.807, 2.05) is 0 Å². The number of ether oxygens (including phenoxy) is 2. The van der Waals surface area contributed by atoms with E-state index in [1.54, 1.807) is 0 Å². The van der Waals surface area contributed by atoms with Crippen molar-refractivity contribution in [2.24, 2.45) is 15.8 Å². The summed E-state index contributed by atoms with van der Waals surface area (Å²) in [5.74, 6) is 0.870. The van der Waals surface area contributed by atoms with Crippen molar-refractivity contribution in [2.75, 3.05) is 52.7 Å². The van der Waals surface area contributed by atoms with Gasteiger partial charge in [0, 0.05) is 44.9 Å². The van der Waals surface area contributed by atoms with Gasteiger partial charge in [0.25, 0.3) is 0 Å². The molecule has 2 fully saturated rings. The van der Waals surface area contributed by atoms with Crippen LogP contribution in [-0.4, -0.2) is 63.7 Å². The van der Waals surface area contributed by atoms with E-state index in [4.69, 9.17) is 14.5 Å². The van der Waals surface area contributed by atoms with Gasteiger partial charge >= 0.3 is 0 Å². The summed E-state index contributed by atoms with van der Waals surface area (Å²) in [6.07, 6.45) is 8.04. The average Bonchev–Trinajstić information content (AvgIpc) is 3.14. The van der Waals surface area contributed by atoms with Crippen molar-refractivity contribution in [2.45, 2.75) is 58.8 Å². The first-order chi connectivity index (χ1) is 12.7. The lowest BCUT2D eigenvalue weighted by atomic mass is 9.81. The van der Waals surface area contributed by atoms with Crippen LogP contribution in [0, 0.1) is 10.8 Å². The summed E-state index contributed by atoms with van der Waals surface area (Å²) >= 11 is 0. The van der Waals surface area contributed by atoms with Crippen molar-refractivity contribution in [3.05, 3.63) is 0 Å². The van der Waals surface area contributed by atoms with Crippen LogP contribution in [0.1, 0.15) is 58.8 Å². The highest BCUT2D eigenvalue weighted by atomic mass is 16.5. The number of hydrogen-bond donors (Lipinski definition) is 3. The highest BCUT2D eigenvalue weighted by molar-refractivity contribution is 5.79. The molecule has 3 N–H and O–H groups in total. The van der Waals surface area contributed by atoms with Crippen LogP contribution in [0.4, 0.5) is 0 Å². The van der Waals surface area contributed by atoms with E-state index in [9.17, 15) is 5.11 Å². The molecule has 0 aromatic heterocycles. The minimum absolute atomic E-state index is 0.124. The molecule has 0 aromatic carbocycles.